The molecule has 2 amide bonds. The molecule has 3 atom stereocenters. The fourth-order valence-corrected chi connectivity index (χ4v) is 5.92. The van der Waals surface area contributed by atoms with Gasteiger partial charge in [-0.2, -0.15) is 11.7 Å². The number of amides is 2. The van der Waals surface area contributed by atoms with Gasteiger partial charge in [0.25, 0.3) is 17.8 Å². The molecule has 0 aliphatic carbocycles. The number of β-amino-alcohol motifs (C(OH)–C–C–N with tert-alkyl or cyclic N) is 1. The third kappa shape index (κ3) is 6.20. The van der Waals surface area contributed by atoms with E-state index in [1.54, 1.807) is 29.3 Å². The average Bonchev–Trinajstić information content (AvgIpc) is 3.58. The molecule has 14 nitrogen and oxygen atoms in total. The maximum atomic E-state index is 13.3. The molecule has 1 fully saturated rings. The van der Waals surface area contributed by atoms with E-state index >= 15 is 0 Å². The van der Waals surface area contributed by atoms with E-state index in [4.69, 9.17) is 35.5 Å². The van der Waals surface area contributed by atoms with Gasteiger partial charge in [-0.1, -0.05) is 29.3 Å². The summed E-state index contributed by atoms with van der Waals surface area (Å²) in [6, 6.07) is 4.84. The number of hydrogen-bond acceptors (Lipinski definition) is 7. The van der Waals surface area contributed by atoms with Gasteiger partial charge in [0.2, 0.25) is 0 Å². The van der Waals surface area contributed by atoms with Crippen LogP contribution in [0.5, 0.6) is 0 Å². The lowest BCUT2D eigenvalue weighted by Gasteiger charge is -2.30. The van der Waals surface area contributed by atoms with Gasteiger partial charge in [0.05, 0.1) is 33.4 Å². The Morgan fingerprint density at radius 1 is 1.26 bits per heavy atom. The molecule has 0 spiro atoms. The van der Waals surface area contributed by atoms with Crippen LogP contribution in [-0.2, 0) is 17.8 Å². The number of nitrogens with two attached hydrogens (primary N) is 1. The van der Waals surface area contributed by atoms with Crippen LogP contribution < -0.4 is 16.4 Å². The van der Waals surface area contributed by atoms with Crippen LogP contribution in [0.1, 0.15) is 31.8 Å². The Labute approximate surface area is 255 Å². The second-order valence-electron chi connectivity index (χ2n) is 10.2. The number of aromatic nitrogens is 2. The molecule has 3 heterocycles. The Hall–Kier alpha value is -4.42. The van der Waals surface area contributed by atoms with E-state index in [2.05, 4.69) is 30.9 Å². The van der Waals surface area contributed by atoms with Gasteiger partial charge in [0, 0.05) is 49.7 Å². The molecule has 2 aliphatic heterocycles. The van der Waals surface area contributed by atoms with Gasteiger partial charge in [0.15, 0.2) is 0 Å². The number of hydrogen-bond donors (Lipinski definition) is 6. The summed E-state index contributed by atoms with van der Waals surface area (Å²) >= 11 is 13.1. The first-order valence-corrected chi connectivity index (χ1v) is 14.0. The van der Waals surface area contributed by atoms with Gasteiger partial charge in [-0.3, -0.25) is 14.7 Å². The number of H-pyrrole nitrogens is 1. The first kappa shape index (κ1) is 30.1. The topological polar surface area (TPSA) is 194 Å². The fraction of sp³-hybridized carbons (Fsp3) is 0.333. The zero-order valence-corrected chi connectivity index (χ0v) is 24.1. The summed E-state index contributed by atoms with van der Waals surface area (Å²) in [5, 5.41) is 36.3. The van der Waals surface area contributed by atoms with Gasteiger partial charge in [-0.15, -0.1) is 4.95 Å². The van der Waals surface area contributed by atoms with Crippen molar-refractivity contribution in [2.75, 3.05) is 26.2 Å². The van der Waals surface area contributed by atoms with Gasteiger partial charge >= 0.3 is 5.97 Å². The molecule has 3 aromatic rings. The lowest BCUT2D eigenvalue weighted by atomic mass is 9.96. The number of carboxylic acids is 1. The van der Waals surface area contributed by atoms with Crippen LogP contribution in [-0.4, -0.2) is 98.3 Å². The van der Waals surface area contributed by atoms with E-state index in [1.165, 1.54) is 4.90 Å². The molecule has 0 saturated carbocycles. The summed E-state index contributed by atoms with van der Waals surface area (Å²) in [5.74, 6) is -2.31. The maximum absolute atomic E-state index is 13.3. The largest absolute Gasteiger partial charge is 0.480 e. The highest BCUT2D eigenvalue weighted by Gasteiger charge is 2.33. The van der Waals surface area contributed by atoms with Crippen LogP contribution in [0, 0.1) is 6.57 Å². The molecule has 5 rings (SSSR count). The summed E-state index contributed by atoms with van der Waals surface area (Å²) < 4.78 is 0. The van der Waals surface area contributed by atoms with E-state index in [9.17, 15) is 24.6 Å². The van der Waals surface area contributed by atoms with Crippen molar-refractivity contribution in [3.8, 4) is 0 Å². The standard InChI is InChI=1S/C27H27Cl2N9O5/c1-31-36-27(38-11-18(30)21(39)12-38)32-9-20(26(42)43)34-24(40)22-17(28)6-15-10-37(5-4-16(15)23(22)29)25(41)13-2-3-14-8-33-35-19(14)7-13/h2-3,6-8,18,20-21,39H,4-5,9-12,30H2,(H,32,36)(H,33,35)(H,34,40)(H,42,43)/t18-,20-,21+/m0/s1. The predicted octanol–water partition coefficient (Wildman–Crippen LogP) is 1.03. The average molecular weight is 628 g/mol. The number of fused-ring (bicyclic) bond motifs is 2. The summed E-state index contributed by atoms with van der Waals surface area (Å²) in [6.45, 7) is 7.59. The zero-order chi connectivity index (χ0) is 30.8. The number of aliphatic hydroxyl groups is 1. The molecule has 0 unspecified atom stereocenters. The van der Waals surface area contributed by atoms with Crippen molar-refractivity contribution >= 4 is 57.8 Å². The van der Waals surface area contributed by atoms with Gasteiger partial charge in [0.1, 0.15) is 11.1 Å². The smallest absolute Gasteiger partial charge is 0.328 e. The molecule has 1 aromatic heterocycles. The first-order chi connectivity index (χ1) is 20.6. The molecule has 224 valence electrons. The SMILES string of the molecule is [C-]#[N+]/N=C(\NC[C@H](NC(=O)c1c(Cl)cc2c(c1Cl)CCN(C(=O)c1ccc3cn[nH]c3c1)C2)C(=O)O)N1C[C@@H](O)[C@@H](N)C1. The lowest BCUT2D eigenvalue weighted by Crippen LogP contribution is -2.51. The van der Waals surface area contributed by atoms with E-state index in [0.717, 1.165) is 10.9 Å². The highest BCUT2D eigenvalue weighted by Crippen LogP contribution is 2.35. The number of aliphatic hydroxyl groups excluding tert-OH is 1. The van der Waals surface area contributed by atoms with Crippen molar-refractivity contribution in [3.05, 3.63) is 74.3 Å². The Morgan fingerprint density at radius 2 is 2.05 bits per heavy atom. The third-order valence-electron chi connectivity index (χ3n) is 7.45. The molecule has 2 aliphatic rings. The number of benzene rings is 2. The second-order valence-corrected chi connectivity index (χ2v) is 11.0. The van der Waals surface area contributed by atoms with Crippen molar-refractivity contribution < 1.29 is 24.6 Å². The Kier molecular flexibility index (Phi) is 8.69. The number of carbonyl (C=O) groups is 3. The predicted molar refractivity (Wildman–Crippen MR) is 157 cm³/mol. The maximum Gasteiger partial charge on any atom is 0.328 e. The minimum absolute atomic E-state index is 0.00169. The third-order valence-corrected chi connectivity index (χ3v) is 8.17. The first-order valence-electron chi connectivity index (χ1n) is 13.2. The van der Waals surface area contributed by atoms with Crippen LogP contribution in [0.15, 0.2) is 35.6 Å². The summed E-state index contributed by atoms with van der Waals surface area (Å²) in [4.78, 5) is 44.7. The summed E-state index contributed by atoms with van der Waals surface area (Å²) in [5.41, 5.74) is 8.30. The number of rotatable bonds is 6. The van der Waals surface area contributed by atoms with Crippen LogP contribution in [0.2, 0.25) is 10.0 Å². The molecular weight excluding hydrogens is 601 g/mol. The molecule has 1 saturated heterocycles. The van der Waals surface area contributed by atoms with E-state index in [1.807, 2.05) is 6.07 Å². The normalized spacial score (nSPS) is 19.1. The van der Waals surface area contributed by atoms with E-state index < -0.39 is 30.1 Å². The fourth-order valence-electron chi connectivity index (χ4n) is 5.15. The summed E-state index contributed by atoms with van der Waals surface area (Å²) in [6.07, 6.45) is 1.19. The number of guanidine groups is 1. The molecule has 2 aromatic carbocycles. The number of aromatic amines is 1. The summed E-state index contributed by atoms with van der Waals surface area (Å²) in [7, 11) is 0. The Bertz CT molecular complexity index is 1660. The van der Waals surface area contributed by atoms with Crippen molar-refractivity contribution in [3.63, 3.8) is 0 Å². The minimum Gasteiger partial charge on any atom is -0.480 e. The Morgan fingerprint density at radius 3 is 2.74 bits per heavy atom. The molecule has 7 N–H and O–H groups in total. The van der Waals surface area contributed by atoms with E-state index in [0.29, 0.717) is 29.7 Å². The van der Waals surface area contributed by atoms with Crippen LogP contribution >= 0.6 is 23.2 Å². The van der Waals surface area contributed by atoms with Crippen LogP contribution in [0.4, 0.5) is 0 Å². The Balaban J connectivity index is 1.29. The van der Waals surface area contributed by atoms with E-state index in [-0.39, 0.29) is 53.7 Å². The van der Waals surface area contributed by atoms with Crippen LogP contribution in [0.25, 0.3) is 15.9 Å². The number of likely N-dealkylation sites (tertiary alicyclic amines) is 1. The molecule has 0 radical (unpaired) electrons. The number of carbonyl (C=O) groups excluding carboxylic acids is 2. The molecule has 0 bridgehead atoms. The number of halogens is 2. The van der Waals surface area contributed by atoms with Crippen molar-refractivity contribution in [2.45, 2.75) is 31.2 Å². The number of nitrogens with one attached hydrogen (secondary N) is 3. The number of aliphatic carboxylic acids is 1. The van der Waals surface area contributed by atoms with Gasteiger partial charge in [-0.05, 0) is 35.7 Å². The quantitative estimate of drug-likeness (QED) is 0.100. The van der Waals surface area contributed by atoms with Crippen molar-refractivity contribution in [2.24, 2.45) is 10.8 Å². The molecular formula is C27H27Cl2N9O5. The van der Waals surface area contributed by atoms with Gasteiger partial charge < -0.3 is 36.4 Å². The molecule has 16 heteroatoms. The lowest BCUT2D eigenvalue weighted by molar-refractivity contribution is -0.139. The van der Waals surface area contributed by atoms with Gasteiger partial charge in [-0.25, -0.2) is 4.79 Å². The highest BCUT2D eigenvalue weighted by molar-refractivity contribution is 6.40. The monoisotopic (exact) mass is 627 g/mol. The number of carboxylic acid groups (broad SMARTS) is 1. The van der Waals surface area contributed by atoms with Crippen LogP contribution in [0.3, 0.4) is 0 Å². The minimum atomic E-state index is -1.45. The highest BCUT2D eigenvalue weighted by atomic mass is 35.5. The molecule has 43 heavy (non-hydrogen) atoms. The number of nitrogens with zero attached hydrogens (tertiary/aromatic N) is 5. The second kappa shape index (κ2) is 12.4. The van der Waals surface area contributed by atoms with Crippen molar-refractivity contribution in [1.29, 1.82) is 0 Å². The zero-order valence-electron chi connectivity index (χ0n) is 22.5. The van der Waals surface area contributed by atoms with Crippen molar-refractivity contribution in [1.82, 2.24) is 30.6 Å².